The average Bonchev–Trinajstić information content (AvgIpc) is 2.25. The molecule has 4 heteroatoms. The third-order valence-electron chi connectivity index (χ3n) is 2.73. The third-order valence-corrected chi connectivity index (χ3v) is 3.26. The summed E-state index contributed by atoms with van der Waals surface area (Å²) in [6, 6.07) is 7.99. The molecule has 0 heterocycles. The topological polar surface area (TPSA) is 49.3 Å². The minimum atomic E-state index is -0.733. The fraction of sp³-hybridized carbons (Fsp3) is 0.462. The van der Waals surface area contributed by atoms with E-state index in [2.05, 4.69) is 21.2 Å². The van der Waals surface area contributed by atoms with Crippen LogP contribution >= 0.6 is 15.9 Å². The van der Waals surface area contributed by atoms with Crippen molar-refractivity contribution in [3.05, 3.63) is 34.3 Å². The van der Waals surface area contributed by atoms with Crippen molar-refractivity contribution in [3.8, 4) is 0 Å². The van der Waals surface area contributed by atoms with Gasteiger partial charge in [0.1, 0.15) is 0 Å². The van der Waals surface area contributed by atoms with Crippen LogP contribution in [0.1, 0.15) is 19.4 Å². The van der Waals surface area contributed by atoms with Crippen LogP contribution in [0.2, 0.25) is 0 Å². The molecule has 1 unspecified atom stereocenters. The summed E-state index contributed by atoms with van der Waals surface area (Å²) in [5.74, 6) is -0.918. The molecule has 17 heavy (non-hydrogen) atoms. The van der Waals surface area contributed by atoms with Gasteiger partial charge in [0.15, 0.2) is 0 Å². The molecule has 0 aliphatic carbocycles. The molecular formula is C13H18BrNO2. The predicted octanol–water partition coefficient (Wildman–Crippen LogP) is 2.90. The van der Waals surface area contributed by atoms with E-state index >= 15 is 0 Å². The number of carbonyl (C=O) groups is 1. The Morgan fingerprint density at radius 2 is 1.94 bits per heavy atom. The van der Waals surface area contributed by atoms with Gasteiger partial charge in [-0.3, -0.25) is 4.79 Å². The Bertz CT molecular complexity index is 362. The van der Waals surface area contributed by atoms with Gasteiger partial charge in [-0.25, -0.2) is 0 Å². The maximum absolute atomic E-state index is 11.0. The number of carboxylic acids is 1. The zero-order valence-corrected chi connectivity index (χ0v) is 11.7. The maximum Gasteiger partial charge on any atom is 0.308 e. The van der Waals surface area contributed by atoms with Gasteiger partial charge in [0.05, 0.1) is 5.92 Å². The highest BCUT2D eigenvalue weighted by Gasteiger charge is 2.20. The third kappa shape index (κ3) is 4.88. The van der Waals surface area contributed by atoms with Gasteiger partial charge in [0.25, 0.3) is 0 Å². The summed E-state index contributed by atoms with van der Waals surface area (Å²) < 4.78 is 1.05. The maximum atomic E-state index is 11.0. The summed E-state index contributed by atoms with van der Waals surface area (Å²) in [6.07, 6.45) is 0. The number of benzene rings is 1. The first kappa shape index (κ1) is 14.2. The van der Waals surface area contributed by atoms with Gasteiger partial charge in [-0.1, -0.05) is 41.9 Å². The summed E-state index contributed by atoms with van der Waals surface area (Å²) in [5, 5.41) is 12.2. The molecule has 0 saturated heterocycles. The van der Waals surface area contributed by atoms with Crippen molar-refractivity contribution in [2.45, 2.75) is 20.4 Å². The number of halogens is 1. The van der Waals surface area contributed by atoms with Crippen molar-refractivity contribution in [1.29, 1.82) is 0 Å². The smallest absolute Gasteiger partial charge is 0.308 e. The van der Waals surface area contributed by atoms with E-state index in [-0.39, 0.29) is 11.8 Å². The van der Waals surface area contributed by atoms with E-state index < -0.39 is 5.97 Å². The highest BCUT2D eigenvalue weighted by atomic mass is 79.9. The van der Waals surface area contributed by atoms with Gasteiger partial charge in [0.2, 0.25) is 0 Å². The number of aliphatic carboxylic acids is 1. The molecule has 94 valence electrons. The molecule has 0 aromatic heterocycles. The molecule has 1 rings (SSSR count). The molecule has 0 aliphatic heterocycles. The van der Waals surface area contributed by atoms with Gasteiger partial charge in [-0.05, 0) is 23.6 Å². The standard InChI is InChI=1S/C13H18BrNO2/c1-9(2)12(13(16)17)8-15-7-10-3-5-11(14)6-4-10/h3-6,9,12,15H,7-8H2,1-2H3,(H,16,17). The highest BCUT2D eigenvalue weighted by Crippen LogP contribution is 2.12. The predicted molar refractivity (Wildman–Crippen MR) is 71.8 cm³/mol. The molecule has 3 nitrogen and oxygen atoms in total. The minimum absolute atomic E-state index is 0.143. The Kier molecular flexibility index (Phi) is 5.65. The van der Waals surface area contributed by atoms with Crippen LogP contribution in [0.5, 0.6) is 0 Å². The Morgan fingerprint density at radius 1 is 1.35 bits per heavy atom. The van der Waals surface area contributed by atoms with Crippen molar-refractivity contribution in [1.82, 2.24) is 5.32 Å². The lowest BCUT2D eigenvalue weighted by Crippen LogP contribution is -2.31. The monoisotopic (exact) mass is 299 g/mol. The van der Waals surface area contributed by atoms with Crippen LogP contribution in [0.3, 0.4) is 0 Å². The Morgan fingerprint density at radius 3 is 2.41 bits per heavy atom. The second kappa shape index (κ2) is 6.77. The van der Waals surface area contributed by atoms with Crippen LogP contribution in [-0.4, -0.2) is 17.6 Å². The van der Waals surface area contributed by atoms with Crippen molar-refractivity contribution in [2.75, 3.05) is 6.54 Å². The molecule has 1 aromatic carbocycles. The molecule has 2 N–H and O–H groups in total. The summed E-state index contributed by atoms with van der Waals surface area (Å²) >= 11 is 3.38. The normalized spacial score (nSPS) is 12.7. The van der Waals surface area contributed by atoms with Gasteiger partial charge < -0.3 is 10.4 Å². The van der Waals surface area contributed by atoms with E-state index in [4.69, 9.17) is 5.11 Å². The zero-order chi connectivity index (χ0) is 12.8. The molecule has 0 fully saturated rings. The molecule has 0 spiro atoms. The quantitative estimate of drug-likeness (QED) is 0.849. The summed E-state index contributed by atoms with van der Waals surface area (Å²) in [5.41, 5.74) is 1.15. The van der Waals surface area contributed by atoms with Crippen molar-refractivity contribution < 1.29 is 9.90 Å². The SMILES string of the molecule is CC(C)C(CNCc1ccc(Br)cc1)C(=O)O. The Balaban J connectivity index is 2.41. The van der Waals surface area contributed by atoms with Crippen molar-refractivity contribution >= 4 is 21.9 Å². The molecule has 0 aliphatic rings. The number of rotatable bonds is 6. The fourth-order valence-corrected chi connectivity index (χ4v) is 1.85. The number of carboxylic acid groups (broad SMARTS) is 1. The average molecular weight is 300 g/mol. The van der Waals surface area contributed by atoms with Crippen LogP contribution in [0, 0.1) is 11.8 Å². The molecule has 1 aromatic rings. The van der Waals surface area contributed by atoms with Gasteiger partial charge in [0, 0.05) is 17.6 Å². The number of nitrogens with one attached hydrogen (secondary N) is 1. The van der Waals surface area contributed by atoms with E-state index in [9.17, 15) is 4.79 Å². The van der Waals surface area contributed by atoms with Gasteiger partial charge >= 0.3 is 5.97 Å². The fourth-order valence-electron chi connectivity index (χ4n) is 1.58. The van der Waals surface area contributed by atoms with E-state index in [0.717, 1.165) is 10.0 Å². The van der Waals surface area contributed by atoms with Crippen LogP contribution in [0.15, 0.2) is 28.7 Å². The molecule has 1 atom stereocenters. The van der Waals surface area contributed by atoms with Crippen LogP contribution in [0.4, 0.5) is 0 Å². The van der Waals surface area contributed by atoms with Crippen molar-refractivity contribution in [2.24, 2.45) is 11.8 Å². The largest absolute Gasteiger partial charge is 0.481 e. The molecule has 0 amide bonds. The van der Waals surface area contributed by atoms with Crippen LogP contribution in [0.25, 0.3) is 0 Å². The lowest BCUT2D eigenvalue weighted by atomic mass is 9.96. The molecule has 0 saturated carbocycles. The van der Waals surface area contributed by atoms with Crippen molar-refractivity contribution in [3.63, 3.8) is 0 Å². The Hall–Kier alpha value is -0.870. The second-order valence-electron chi connectivity index (χ2n) is 4.45. The molecular weight excluding hydrogens is 282 g/mol. The first-order valence-electron chi connectivity index (χ1n) is 5.68. The van der Waals surface area contributed by atoms with Gasteiger partial charge in [-0.2, -0.15) is 0 Å². The second-order valence-corrected chi connectivity index (χ2v) is 5.36. The van der Waals surface area contributed by atoms with Crippen LogP contribution in [-0.2, 0) is 11.3 Å². The lowest BCUT2D eigenvalue weighted by Gasteiger charge is -2.16. The van der Waals surface area contributed by atoms with E-state index in [0.29, 0.717) is 13.1 Å². The van der Waals surface area contributed by atoms with Gasteiger partial charge in [-0.15, -0.1) is 0 Å². The lowest BCUT2D eigenvalue weighted by molar-refractivity contribution is -0.143. The Labute approximate surface area is 110 Å². The van der Waals surface area contributed by atoms with Crippen LogP contribution < -0.4 is 5.32 Å². The first-order chi connectivity index (χ1) is 8.00. The highest BCUT2D eigenvalue weighted by molar-refractivity contribution is 9.10. The molecule has 0 bridgehead atoms. The van der Waals surface area contributed by atoms with E-state index in [1.807, 2.05) is 38.1 Å². The summed E-state index contributed by atoms with van der Waals surface area (Å²) in [4.78, 5) is 11.0. The number of hydrogen-bond acceptors (Lipinski definition) is 2. The summed E-state index contributed by atoms with van der Waals surface area (Å²) in [7, 11) is 0. The zero-order valence-electron chi connectivity index (χ0n) is 10.1. The number of hydrogen-bond donors (Lipinski definition) is 2. The summed E-state index contributed by atoms with van der Waals surface area (Å²) in [6.45, 7) is 5.06. The van der Waals surface area contributed by atoms with E-state index in [1.54, 1.807) is 0 Å². The molecule has 0 radical (unpaired) electrons. The first-order valence-corrected chi connectivity index (χ1v) is 6.48. The minimum Gasteiger partial charge on any atom is -0.481 e. The van der Waals surface area contributed by atoms with E-state index in [1.165, 1.54) is 0 Å².